The van der Waals surface area contributed by atoms with E-state index in [9.17, 15) is 8.78 Å². The zero-order valence-corrected chi connectivity index (χ0v) is 6.98. The van der Waals surface area contributed by atoms with Gasteiger partial charge in [-0.25, -0.2) is 8.78 Å². The van der Waals surface area contributed by atoms with Crippen LogP contribution in [0.2, 0.25) is 0 Å². The van der Waals surface area contributed by atoms with Gasteiger partial charge in [0.25, 0.3) is 0 Å². The summed E-state index contributed by atoms with van der Waals surface area (Å²) in [5.41, 5.74) is 5.36. The minimum absolute atomic E-state index is 0.0584. The lowest BCUT2D eigenvalue weighted by Gasteiger charge is -2.00. The molecule has 0 radical (unpaired) electrons. The highest BCUT2D eigenvalue weighted by atomic mass is 19.1. The zero-order valence-electron chi connectivity index (χ0n) is 6.98. The summed E-state index contributed by atoms with van der Waals surface area (Å²) >= 11 is 0. The summed E-state index contributed by atoms with van der Waals surface area (Å²) in [5, 5.41) is 7.39. The number of nitrogens with two attached hydrogens (primary N) is 1. The lowest BCUT2D eigenvalue weighted by molar-refractivity contribution is 0.566. The summed E-state index contributed by atoms with van der Waals surface area (Å²) in [6.45, 7) is 0. The van der Waals surface area contributed by atoms with Crippen LogP contribution in [0.25, 0.3) is 5.69 Å². The molecule has 14 heavy (non-hydrogen) atoms. The molecule has 0 bridgehead atoms. The number of benzene rings is 1. The Morgan fingerprint density at radius 3 is 2.64 bits per heavy atom. The van der Waals surface area contributed by atoms with Gasteiger partial charge in [0.05, 0.1) is 6.20 Å². The molecule has 4 nitrogen and oxygen atoms in total. The summed E-state index contributed by atoms with van der Waals surface area (Å²) < 4.78 is 25.7. The molecule has 1 aromatic carbocycles. The van der Waals surface area contributed by atoms with Crippen molar-refractivity contribution < 1.29 is 8.78 Å². The average Bonchev–Trinajstić information content (AvgIpc) is 2.51. The van der Waals surface area contributed by atoms with Crippen LogP contribution in [0.15, 0.2) is 24.4 Å². The predicted octanol–water partition coefficient (Wildman–Crippen LogP) is 1.13. The molecular formula is C8H6F2N4. The van der Waals surface area contributed by atoms with Crippen molar-refractivity contribution in [2.24, 2.45) is 0 Å². The molecule has 0 spiro atoms. The SMILES string of the molecule is Nc1cnn(-c2ccc(F)cc2F)n1. The van der Waals surface area contributed by atoms with Crippen LogP contribution in [0.1, 0.15) is 0 Å². The first-order chi connectivity index (χ1) is 6.66. The average molecular weight is 196 g/mol. The lowest BCUT2D eigenvalue weighted by Crippen LogP contribution is -2.02. The maximum atomic E-state index is 13.2. The summed E-state index contributed by atoms with van der Waals surface area (Å²) in [7, 11) is 0. The number of nitrogens with zero attached hydrogens (tertiary/aromatic N) is 3. The second kappa shape index (κ2) is 3.06. The fourth-order valence-electron chi connectivity index (χ4n) is 1.03. The molecule has 0 amide bonds. The second-order valence-corrected chi connectivity index (χ2v) is 2.65. The van der Waals surface area contributed by atoms with Gasteiger partial charge in [0, 0.05) is 6.07 Å². The zero-order chi connectivity index (χ0) is 10.1. The van der Waals surface area contributed by atoms with Crippen molar-refractivity contribution in [2.45, 2.75) is 0 Å². The van der Waals surface area contributed by atoms with E-state index in [1.54, 1.807) is 0 Å². The quantitative estimate of drug-likeness (QED) is 0.743. The fraction of sp³-hybridized carbons (Fsp3) is 0. The topological polar surface area (TPSA) is 56.7 Å². The van der Waals surface area contributed by atoms with E-state index in [1.165, 1.54) is 12.3 Å². The third-order valence-electron chi connectivity index (χ3n) is 1.63. The van der Waals surface area contributed by atoms with Crippen LogP contribution >= 0.6 is 0 Å². The summed E-state index contributed by atoms with van der Waals surface area (Å²) in [4.78, 5) is 1.00. The van der Waals surface area contributed by atoms with Gasteiger partial charge in [-0.15, -0.1) is 9.90 Å². The molecule has 2 aromatic rings. The fourth-order valence-corrected chi connectivity index (χ4v) is 1.03. The smallest absolute Gasteiger partial charge is 0.166 e. The summed E-state index contributed by atoms with van der Waals surface area (Å²) in [6, 6.07) is 3.12. The van der Waals surface area contributed by atoms with Gasteiger partial charge in [-0.05, 0) is 12.1 Å². The van der Waals surface area contributed by atoms with Crippen LogP contribution in [-0.4, -0.2) is 15.0 Å². The Kier molecular flexibility index (Phi) is 1.88. The molecule has 2 rings (SSSR count). The monoisotopic (exact) mass is 196 g/mol. The Morgan fingerprint density at radius 2 is 2.07 bits per heavy atom. The van der Waals surface area contributed by atoms with Gasteiger partial charge in [0.15, 0.2) is 11.6 Å². The van der Waals surface area contributed by atoms with Crippen molar-refractivity contribution in [3.8, 4) is 5.69 Å². The third kappa shape index (κ3) is 1.41. The molecule has 0 unspecified atom stereocenters. The highest BCUT2D eigenvalue weighted by Gasteiger charge is 2.07. The van der Waals surface area contributed by atoms with Crippen molar-refractivity contribution >= 4 is 5.82 Å². The first kappa shape index (κ1) is 8.61. The Bertz CT molecular complexity index is 466. The normalized spacial score (nSPS) is 10.4. The van der Waals surface area contributed by atoms with Crippen LogP contribution in [0.3, 0.4) is 0 Å². The largest absolute Gasteiger partial charge is 0.381 e. The van der Waals surface area contributed by atoms with Gasteiger partial charge in [-0.3, -0.25) is 0 Å². The number of rotatable bonds is 1. The molecule has 0 aliphatic heterocycles. The number of halogens is 2. The van der Waals surface area contributed by atoms with Gasteiger partial charge in [0.1, 0.15) is 11.5 Å². The Hall–Kier alpha value is -1.98. The van der Waals surface area contributed by atoms with Crippen molar-refractivity contribution in [1.29, 1.82) is 0 Å². The molecule has 0 fully saturated rings. The van der Waals surface area contributed by atoms with E-state index in [0.29, 0.717) is 0 Å². The van der Waals surface area contributed by atoms with Gasteiger partial charge in [-0.2, -0.15) is 5.10 Å². The van der Waals surface area contributed by atoms with E-state index in [4.69, 9.17) is 5.73 Å². The maximum absolute atomic E-state index is 13.2. The highest BCUT2D eigenvalue weighted by molar-refractivity contribution is 5.33. The number of hydrogen-bond acceptors (Lipinski definition) is 3. The highest BCUT2D eigenvalue weighted by Crippen LogP contribution is 2.12. The predicted molar refractivity (Wildman–Crippen MR) is 45.7 cm³/mol. The van der Waals surface area contributed by atoms with Crippen LogP contribution < -0.4 is 5.73 Å². The molecule has 0 atom stereocenters. The first-order valence-electron chi connectivity index (χ1n) is 3.80. The number of anilines is 1. The number of nitrogen functional groups attached to an aromatic ring is 1. The molecule has 0 saturated heterocycles. The molecule has 1 aromatic heterocycles. The van der Waals surface area contributed by atoms with Crippen molar-refractivity contribution in [2.75, 3.05) is 5.73 Å². The second-order valence-electron chi connectivity index (χ2n) is 2.65. The Morgan fingerprint density at radius 1 is 1.29 bits per heavy atom. The molecule has 2 N–H and O–H groups in total. The van der Waals surface area contributed by atoms with Gasteiger partial charge >= 0.3 is 0 Å². The van der Waals surface area contributed by atoms with Gasteiger partial charge in [-0.1, -0.05) is 0 Å². The number of hydrogen-bond donors (Lipinski definition) is 1. The minimum Gasteiger partial charge on any atom is -0.381 e. The third-order valence-corrected chi connectivity index (χ3v) is 1.63. The first-order valence-corrected chi connectivity index (χ1v) is 3.80. The van der Waals surface area contributed by atoms with Gasteiger partial charge < -0.3 is 5.73 Å². The summed E-state index contributed by atoms with van der Waals surface area (Å²) in [6.07, 6.45) is 1.28. The molecule has 0 aliphatic carbocycles. The van der Waals surface area contributed by atoms with E-state index in [1.807, 2.05) is 0 Å². The Balaban J connectivity index is 2.52. The van der Waals surface area contributed by atoms with E-state index < -0.39 is 11.6 Å². The molecule has 6 heteroatoms. The van der Waals surface area contributed by atoms with E-state index in [0.717, 1.165) is 16.9 Å². The standard InChI is InChI=1S/C8H6F2N4/c9-5-1-2-7(6(10)3-5)14-12-4-8(11)13-14/h1-4H,(H2,11,13). The van der Waals surface area contributed by atoms with Crippen molar-refractivity contribution in [3.63, 3.8) is 0 Å². The van der Waals surface area contributed by atoms with Crippen LogP contribution in [0.4, 0.5) is 14.6 Å². The Labute approximate surface area is 78.0 Å². The molecule has 0 saturated carbocycles. The van der Waals surface area contributed by atoms with Crippen LogP contribution in [-0.2, 0) is 0 Å². The van der Waals surface area contributed by atoms with Crippen molar-refractivity contribution in [3.05, 3.63) is 36.0 Å². The minimum atomic E-state index is -0.736. The number of aromatic nitrogens is 3. The van der Waals surface area contributed by atoms with Crippen LogP contribution in [0.5, 0.6) is 0 Å². The summed E-state index contributed by atoms with van der Waals surface area (Å²) in [5.74, 6) is -1.21. The van der Waals surface area contributed by atoms with E-state index in [2.05, 4.69) is 10.2 Å². The van der Waals surface area contributed by atoms with E-state index in [-0.39, 0.29) is 11.5 Å². The molecule has 0 aliphatic rings. The van der Waals surface area contributed by atoms with Gasteiger partial charge in [0.2, 0.25) is 0 Å². The van der Waals surface area contributed by atoms with Crippen molar-refractivity contribution in [1.82, 2.24) is 15.0 Å². The van der Waals surface area contributed by atoms with E-state index >= 15 is 0 Å². The molecular weight excluding hydrogens is 190 g/mol. The maximum Gasteiger partial charge on any atom is 0.166 e. The lowest BCUT2D eigenvalue weighted by atomic mass is 10.3. The molecule has 72 valence electrons. The molecule has 1 heterocycles. The van der Waals surface area contributed by atoms with Crippen LogP contribution in [0, 0.1) is 11.6 Å².